The highest BCUT2D eigenvalue weighted by Gasteiger charge is 1.97. The molecule has 0 unspecified atom stereocenters. The van der Waals surface area contributed by atoms with Crippen molar-refractivity contribution in [2.45, 2.75) is 116 Å². The molecule has 4 nitrogen and oxygen atoms in total. The molecule has 0 radical (unpaired) electrons. The number of carbonyl (C=O) groups excluding carboxylic acids is 1. The third-order valence-corrected chi connectivity index (χ3v) is 4.66. The maximum Gasteiger partial charge on any atom is 0.203 e. The van der Waals surface area contributed by atoms with Gasteiger partial charge < -0.3 is 4.79 Å². The summed E-state index contributed by atoms with van der Waals surface area (Å²) in [5.41, 5.74) is 0. The van der Waals surface area contributed by atoms with Crippen molar-refractivity contribution in [3.63, 3.8) is 0 Å². The Bertz CT molecular complexity index is 282. The van der Waals surface area contributed by atoms with Crippen molar-refractivity contribution in [1.82, 2.24) is 0 Å². The lowest BCUT2D eigenvalue weighted by molar-refractivity contribution is -0.480. The summed E-state index contributed by atoms with van der Waals surface area (Å²) in [7, 11) is 0. The molecule has 0 amide bonds. The van der Waals surface area contributed by atoms with E-state index >= 15 is 0 Å². The van der Waals surface area contributed by atoms with Gasteiger partial charge in [0.05, 0.1) is 0 Å². The SMILES string of the molecule is O=CCCCCCCCCCCCCCCCCCCC[N+](=O)[O-]. The van der Waals surface area contributed by atoms with Crippen LogP contribution < -0.4 is 0 Å². The monoisotopic (exact) mass is 341 g/mol. The Labute approximate surface area is 148 Å². The van der Waals surface area contributed by atoms with E-state index in [0.29, 0.717) is 0 Å². The van der Waals surface area contributed by atoms with Crippen LogP contribution in [0.5, 0.6) is 0 Å². The Kier molecular flexibility index (Phi) is 19.3. The van der Waals surface area contributed by atoms with Crippen LogP contribution in [-0.2, 0) is 4.79 Å². The summed E-state index contributed by atoms with van der Waals surface area (Å²) in [6.45, 7) is 0.139. The first-order valence-electron chi connectivity index (χ1n) is 10.3. The molecule has 0 fully saturated rings. The average molecular weight is 342 g/mol. The molecule has 0 aromatic heterocycles. The molecule has 0 rings (SSSR count). The van der Waals surface area contributed by atoms with Gasteiger partial charge in [0.15, 0.2) is 0 Å². The van der Waals surface area contributed by atoms with Crippen molar-refractivity contribution in [2.24, 2.45) is 0 Å². The predicted octanol–water partition coefficient (Wildman–Crippen LogP) is 6.48. The second-order valence-electron chi connectivity index (χ2n) is 7.02. The van der Waals surface area contributed by atoms with E-state index in [1.165, 1.54) is 83.5 Å². The van der Waals surface area contributed by atoms with E-state index in [1.54, 1.807) is 0 Å². The smallest absolute Gasteiger partial charge is 0.203 e. The molecule has 0 saturated carbocycles. The minimum atomic E-state index is -0.212. The van der Waals surface area contributed by atoms with Crippen LogP contribution in [-0.4, -0.2) is 17.8 Å². The fraction of sp³-hybridized carbons (Fsp3) is 0.950. The van der Waals surface area contributed by atoms with Gasteiger partial charge in [-0.1, -0.05) is 89.9 Å². The molecule has 0 spiro atoms. The second-order valence-corrected chi connectivity index (χ2v) is 7.02. The largest absolute Gasteiger partial charge is 0.303 e. The van der Waals surface area contributed by atoms with Gasteiger partial charge in [0.1, 0.15) is 6.29 Å². The van der Waals surface area contributed by atoms with Gasteiger partial charge in [-0.15, -0.1) is 0 Å². The predicted molar refractivity (Wildman–Crippen MR) is 101 cm³/mol. The second kappa shape index (κ2) is 20.1. The topological polar surface area (TPSA) is 60.2 Å². The van der Waals surface area contributed by atoms with E-state index in [9.17, 15) is 14.9 Å². The number of nitro groups is 1. The van der Waals surface area contributed by atoms with Crippen LogP contribution in [0.25, 0.3) is 0 Å². The van der Waals surface area contributed by atoms with Crippen LogP contribution in [0.1, 0.15) is 116 Å². The normalized spacial score (nSPS) is 10.8. The van der Waals surface area contributed by atoms with Crippen molar-refractivity contribution >= 4 is 6.29 Å². The third-order valence-electron chi connectivity index (χ3n) is 4.66. The molecule has 0 aliphatic carbocycles. The van der Waals surface area contributed by atoms with Crippen LogP contribution in [0.2, 0.25) is 0 Å². The van der Waals surface area contributed by atoms with Crippen LogP contribution in [0.15, 0.2) is 0 Å². The standard InChI is InChI=1S/C20H39NO3/c22-20-18-16-14-12-10-8-6-4-2-1-3-5-7-9-11-13-15-17-19-21(23)24/h20H,1-19H2. The Balaban J connectivity index is 2.98. The summed E-state index contributed by atoms with van der Waals surface area (Å²) in [6, 6.07) is 0. The number of rotatable bonds is 20. The van der Waals surface area contributed by atoms with Crippen molar-refractivity contribution in [3.05, 3.63) is 10.1 Å². The quantitative estimate of drug-likeness (QED) is 0.110. The van der Waals surface area contributed by atoms with Crippen molar-refractivity contribution in [1.29, 1.82) is 0 Å². The molecule has 142 valence electrons. The minimum absolute atomic E-state index is 0.139. The van der Waals surface area contributed by atoms with Gasteiger partial charge in [0, 0.05) is 17.8 Å². The van der Waals surface area contributed by atoms with Crippen LogP contribution in [0, 0.1) is 10.1 Å². The number of hydrogen-bond acceptors (Lipinski definition) is 3. The molecule has 0 atom stereocenters. The molecule has 0 saturated heterocycles. The first-order chi connectivity index (χ1) is 11.8. The lowest BCUT2D eigenvalue weighted by atomic mass is 10.0. The lowest BCUT2D eigenvalue weighted by Crippen LogP contribution is -1.99. The Hall–Kier alpha value is -0.930. The van der Waals surface area contributed by atoms with Crippen LogP contribution in [0.4, 0.5) is 0 Å². The fourth-order valence-electron chi connectivity index (χ4n) is 3.12. The van der Waals surface area contributed by atoms with E-state index < -0.39 is 0 Å². The number of unbranched alkanes of at least 4 members (excludes halogenated alkanes) is 17. The maximum atomic E-state index is 10.2. The summed E-state index contributed by atoms with van der Waals surface area (Å²) in [4.78, 5) is 20.1. The summed E-state index contributed by atoms with van der Waals surface area (Å²) < 4.78 is 0. The van der Waals surface area contributed by atoms with E-state index in [0.717, 1.165) is 38.4 Å². The van der Waals surface area contributed by atoms with Crippen molar-refractivity contribution < 1.29 is 9.72 Å². The number of nitrogens with zero attached hydrogens (tertiary/aromatic N) is 1. The molecule has 0 bridgehead atoms. The molecule has 4 heteroatoms. The zero-order valence-corrected chi connectivity index (χ0v) is 15.7. The van der Waals surface area contributed by atoms with Gasteiger partial charge in [-0.25, -0.2) is 0 Å². The molecule has 0 heterocycles. The zero-order chi connectivity index (χ0) is 17.7. The molecule has 0 aliphatic rings. The van der Waals surface area contributed by atoms with Gasteiger partial charge >= 0.3 is 0 Å². The maximum absolute atomic E-state index is 10.2. The molecular weight excluding hydrogens is 302 g/mol. The van der Waals surface area contributed by atoms with E-state index in [4.69, 9.17) is 0 Å². The highest BCUT2D eigenvalue weighted by molar-refractivity contribution is 5.48. The first-order valence-corrected chi connectivity index (χ1v) is 10.3. The summed E-state index contributed by atoms with van der Waals surface area (Å²) in [6.07, 6.45) is 23.0. The van der Waals surface area contributed by atoms with Crippen molar-refractivity contribution in [2.75, 3.05) is 6.54 Å². The van der Waals surface area contributed by atoms with Crippen molar-refractivity contribution in [3.8, 4) is 0 Å². The number of aldehydes is 1. The van der Waals surface area contributed by atoms with E-state index in [2.05, 4.69) is 0 Å². The molecule has 0 aromatic carbocycles. The van der Waals surface area contributed by atoms with Gasteiger partial charge in [0.25, 0.3) is 0 Å². The summed E-state index contributed by atoms with van der Waals surface area (Å²) in [5, 5.41) is 10.2. The first kappa shape index (κ1) is 23.1. The van der Waals surface area contributed by atoms with Gasteiger partial charge in [-0.05, 0) is 12.8 Å². The average Bonchev–Trinajstić information content (AvgIpc) is 2.56. The number of hydrogen-bond donors (Lipinski definition) is 0. The Morgan fingerprint density at radius 3 is 1.12 bits per heavy atom. The van der Waals surface area contributed by atoms with Gasteiger partial charge in [-0.3, -0.25) is 10.1 Å². The zero-order valence-electron chi connectivity index (χ0n) is 15.7. The molecule has 0 aromatic rings. The Morgan fingerprint density at radius 2 is 0.833 bits per heavy atom. The highest BCUT2D eigenvalue weighted by Crippen LogP contribution is 2.14. The van der Waals surface area contributed by atoms with E-state index in [1.807, 2.05) is 0 Å². The van der Waals surface area contributed by atoms with Gasteiger partial charge in [-0.2, -0.15) is 0 Å². The minimum Gasteiger partial charge on any atom is -0.303 e. The molecule has 0 N–H and O–H groups in total. The van der Waals surface area contributed by atoms with Gasteiger partial charge in [0.2, 0.25) is 6.54 Å². The third kappa shape index (κ3) is 21.1. The lowest BCUT2D eigenvalue weighted by Gasteiger charge is -2.03. The van der Waals surface area contributed by atoms with Crippen LogP contribution in [0.3, 0.4) is 0 Å². The number of carbonyl (C=O) groups is 1. The Morgan fingerprint density at radius 1 is 0.542 bits per heavy atom. The molecular formula is C20H39NO3. The molecule has 24 heavy (non-hydrogen) atoms. The summed E-state index contributed by atoms with van der Waals surface area (Å²) >= 11 is 0. The summed E-state index contributed by atoms with van der Waals surface area (Å²) in [5.74, 6) is 0. The van der Waals surface area contributed by atoms with E-state index in [-0.39, 0.29) is 11.5 Å². The fourth-order valence-corrected chi connectivity index (χ4v) is 3.12. The highest BCUT2D eigenvalue weighted by atomic mass is 16.6. The van der Waals surface area contributed by atoms with Crippen LogP contribution >= 0.6 is 0 Å². The molecule has 0 aliphatic heterocycles.